The predicted octanol–water partition coefficient (Wildman–Crippen LogP) is 3.93. The Morgan fingerprint density at radius 2 is 1.72 bits per heavy atom. The molecule has 1 aliphatic rings. The van der Waals surface area contributed by atoms with Crippen molar-refractivity contribution in [2.24, 2.45) is 0 Å². The largest absolute Gasteiger partial charge is 0.228 e. The monoisotopic (exact) mass is 374 g/mol. The molecule has 126 valence electrons. The molecular formula is C18H12ClFN2O2S. The van der Waals surface area contributed by atoms with Crippen LogP contribution in [0.5, 0.6) is 0 Å². The van der Waals surface area contributed by atoms with Gasteiger partial charge in [-0.15, -0.1) is 0 Å². The Labute approximate surface area is 149 Å². The van der Waals surface area contributed by atoms with Gasteiger partial charge >= 0.3 is 0 Å². The maximum absolute atomic E-state index is 13.2. The van der Waals surface area contributed by atoms with Crippen molar-refractivity contribution in [3.63, 3.8) is 0 Å². The zero-order chi connectivity index (χ0) is 17.6. The van der Waals surface area contributed by atoms with E-state index < -0.39 is 9.84 Å². The molecule has 1 aromatic heterocycles. The van der Waals surface area contributed by atoms with Crippen molar-refractivity contribution in [2.45, 2.75) is 11.3 Å². The molecule has 1 aliphatic heterocycles. The third-order valence-electron chi connectivity index (χ3n) is 4.16. The van der Waals surface area contributed by atoms with Gasteiger partial charge in [-0.1, -0.05) is 29.8 Å². The van der Waals surface area contributed by atoms with Crippen LogP contribution >= 0.6 is 11.6 Å². The van der Waals surface area contributed by atoms with Gasteiger partial charge in [0.15, 0.2) is 15.7 Å². The van der Waals surface area contributed by atoms with Gasteiger partial charge in [-0.25, -0.2) is 22.8 Å². The van der Waals surface area contributed by atoms with Gasteiger partial charge < -0.3 is 0 Å². The molecule has 0 saturated heterocycles. The number of hydrogen-bond acceptors (Lipinski definition) is 4. The molecule has 0 amide bonds. The summed E-state index contributed by atoms with van der Waals surface area (Å²) in [6, 6.07) is 12.5. The number of nitrogens with zero attached hydrogens (tertiary/aromatic N) is 2. The Balaban J connectivity index is 1.99. The van der Waals surface area contributed by atoms with Crippen molar-refractivity contribution < 1.29 is 12.8 Å². The van der Waals surface area contributed by atoms with Crippen LogP contribution in [-0.4, -0.2) is 24.1 Å². The highest BCUT2D eigenvalue weighted by atomic mass is 35.5. The SMILES string of the molecule is O=S1(=O)CCc2c(Cl)nc(-c3ccc(F)cc3)nc2-c2ccccc21. The average molecular weight is 375 g/mol. The van der Waals surface area contributed by atoms with Crippen LogP contribution in [0.1, 0.15) is 5.56 Å². The third kappa shape index (κ3) is 2.81. The van der Waals surface area contributed by atoms with Crippen molar-refractivity contribution in [1.82, 2.24) is 9.97 Å². The number of rotatable bonds is 1. The van der Waals surface area contributed by atoms with E-state index in [9.17, 15) is 12.8 Å². The molecule has 3 aromatic rings. The summed E-state index contributed by atoms with van der Waals surface area (Å²) in [5.41, 5.74) is 2.25. The number of hydrogen-bond donors (Lipinski definition) is 0. The van der Waals surface area contributed by atoms with Crippen LogP contribution in [0.2, 0.25) is 5.15 Å². The van der Waals surface area contributed by atoms with Crippen LogP contribution in [0.25, 0.3) is 22.6 Å². The number of fused-ring (bicyclic) bond motifs is 3. The van der Waals surface area contributed by atoms with Crippen LogP contribution in [0.4, 0.5) is 4.39 Å². The van der Waals surface area contributed by atoms with Crippen molar-refractivity contribution in [2.75, 3.05) is 5.75 Å². The molecule has 0 saturated carbocycles. The fourth-order valence-electron chi connectivity index (χ4n) is 2.91. The molecule has 0 atom stereocenters. The first-order valence-corrected chi connectivity index (χ1v) is 9.63. The Kier molecular flexibility index (Phi) is 3.81. The molecule has 0 radical (unpaired) electrons. The van der Waals surface area contributed by atoms with Gasteiger partial charge in [0, 0.05) is 16.7 Å². The maximum atomic E-state index is 13.2. The maximum Gasteiger partial charge on any atom is 0.179 e. The van der Waals surface area contributed by atoms with Crippen LogP contribution in [0.15, 0.2) is 53.4 Å². The summed E-state index contributed by atoms with van der Waals surface area (Å²) in [7, 11) is -3.42. The first-order valence-electron chi connectivity index (χ1n) is 7.60. The highest BCUT2D eigenvalue weighted by Crippen LogP contribution is 2.36. The lowest BCUT2D eigenvalue weighted by Crippen LogP contribution is -2.07. The molecular weight excluding hydrogens is 363 g/mol. The minimum Gasteiger partial charge on any atom is -0.228 e. The van der Waals surface area contributed by atoms with Crippen molar-refractivity contribution in [3.8, 4) is 22.6 Å². The molecule has 7 heteroatoms. The van der Waals surface area contributed by atoms with E-state index in [-0.39, 0.29) is 28.0 Å². The summed E-state index contributed by atoms with van der Waals surface area (Å²) < 4.78 is 38.2. The Hall–Kier alpha value is -2.31. The quantitative estimate of drug-likeness (QED) is 0.605. The van der Waals surface area contributed by atoms with Crippen LogP contribution in [0.3, 0.4) is 0 Å². The van der Waals surface area contributed by atoms with Gasteiger partial charge in [0.05, 0.1) is 16.3 Å². The van der Waals surface area contributed by atoms with Crippen LogP contribution in [-0.2, 0) is 16.3 Å². The molecule has 0 aliphatic carbocycles. The zero-order valence-electron chi connectivity index (χ0n) is 12.9. The Morgan fingerprint density at radius 3 is 2.48 bits per heavy atom. The molecule has 0 bridgehead atoms. The molecule has 0 N–H and O–H groups in total. The van der Waals surface area contributed by atoms with Gasteiger partial charge in [-0.05, 0) is 36.8 Å². The molecule has 4 rings (SSSR count). The van der Waals surface area contributed by atoms with Gasteiger partial charge in [-0.3, -0.25) is 0 Å². The fraction of sp³-hybridized carbons (Fsp3) is 0.111. The second-order valence-corrected chi connectivity index (χ2v) is 8.17. The van der Waals surface area contributed by atoms with E-state index in [0.717, 1.165) is 0 Å². The van der Waals surface area contributed by atoms with E-state index in [1.807, 2.05) is 0 Å². The molecule has 2 aromatic carbocycles. The number of benzene rings is 2. The summed E-state index contributed by atoms with van der Waals surface area (Å²) in [5, 5.41) is 0.219. The van der Waals surface area contributed by atoms with Crippen molar-refractivity contribution >= 4 is 21.4 Å². The highest BCUT2D eigenvalue weighted by Gasteiger charge is 2.28. The second-order valence-electron chi connectivity index (χ2n) is 5.74. The molecule has 0 unspecified atom stereocenters. The van der Waals surface area contributed by atoms with Gasteiger partial charge in [-0.2, -0.15) is 0 Å². The molecule has 25 heavy (non-hydrogen) atoms. The Bertz CT molecular complexity index is 1080. The van der Waals surface area contributed by atoms with Crippen LogP contribution < -0.4 is 0 Å². The fourth-order valence-corrected chi connectivity index (χ4v) is 4.65. The number of aromatic nitrogens is 2. The number of sulfone groups is 1. The summed E-state index contributed by atoms with van der Waals surface area (Å²) in [6.07, 6.45) is 0.245. The number of halogens is 2. The smallest absolute Gasteiger partial charge is 0.179 e. The van der Waals surface area contributed by atoms with E-state index in [1.54, 1.807) is 36.4 Å². The first-order chi connectivity index (χ1) is 12.0. The zero-order valence-corrected chi connectivity index (χ0v) is 14.5. The van der Waals surface area contributed by atoms with Gasteiger partial charge in [0.2, 0.25) is 0 Å². The molecule has 2 heterocycles. The van der Waals surface area contributed by atoms with E-state index in [0.29, 0.717) is 28.2 Å². The van der Waals surface area contributed by atoms with E-state index in [4.69, 9.17) is 11.6 Å². The van der Waals surface area contributed by atoms with E-state index >= 15 is 0 Å². The summed E-state index contributed by atoms with van der Waals surface area (Å²) in [4.78, 5) is 9.09. The van der Waals surface area contributed by atoms with Crippen molar-refractivity contribution in [1.29, 1.82) is 0 Å². The first kappa shape index (κ1) is 16.2. The normalized spacial score (nSPS) is 15.1. The average Bonchev–Trinajstić information content (AvgIpc) is 2.71. The topological polar surface area (TPSA) is 59.9 Å². The molecule has 4 nitrogen and oxygen atoms in total. The van der Waals surface area contributed by atoms with E-state index in [2.05, 4.69) is 9.97 Å². The predicted molar refractivity (Wildman–Crippen MR) is 93.6 cm³/mol. The lowest BCUT2D eigenvalue weighted by Gasteiger charge is -2.11. The van der Waals surface area contributed by atoms with Gasteiger partial charge in [0.1, 0.15) is 11.0 Å². The molecule has 0 fully saturated rings. The third-order valence-corrected chi connectivity index (χ3v) is 6.24. The molecule has 0 spiro atoms. The summed E-state index contributed by atoms with van der Waals surface area (Å²) in [5.74, 6) is -0.0744. The van der Waals surface area contributed by atoms with Crippen molar-refractivity contribution in [3.05, 3.63) is 65.1 Å². The van der Waals surface area contributed by atoms with Crippen LogP contribution in [0, 0.1) is 5.82 Å². The lowest BCUT2D eigenvalue weighted by atomic mass is 10.0. The van der Waals surface area contributed by atoms with E-state index in [1.165, 1.54) is 12.1 Å². The Morgan fingerprint density at radius 1 is 1.00 bits per heavy atom. The van der Waals surface area contributed by atoms with Gasteiger partial charge in [0.25, 0.3) is 0 Å². The summed E-state index contributed by atoms with van der Waals surface area (Å²) >= 11 is 6.34. The standard InChI is InChI=1S/C18H12ClFN2O2S/c19-17-14-9-10-25(23,24)15-4-2-1-3-13(15)16(14)21-18(22-17)11-5-7-12(20)8-6-11/h1-8H,9-10H2. The highest BCUT2D eigenvalue weighted by molar-refractivity contribution is 7.91. The minimum atomic E-state index is -3.42. The minimum absolute atomic E-state index is 0.0456. The lowest BCUT2D eigenvalue weighted by molar-refractivity contribution is 0.596. The second kappa shape index (κ2) is 5.89. The summed E-state index contributed by atoms with van der Waals surface area (Å²) in [6.45, 7) is 0.